The minimum Gasteiger partial charge on any atom is -0.489 e. The predicted octanol–water partition coefficient (Wildman–Crippen LogP) is 4.49. The fraction of sp³-hybridized carbons (Fsp3) is 0.227. The number of aromatic amines is 1. The van der Waals surface area contributed by atoms with Crippen molar-refractivity contribution < 1.29 is 4.74 Å². The fourth-order valence-corrected chi connectivity index (χ4v) is 4.74. The SMILES string of the molecule is C=CCOc1ccccc1C=C(C#N)c1nc2sc3c(c2c(=O)[nH]1)CCCC3. The lowest BCUT2D eigenvalue weighted by Gasteiger charge is -2.09. The van der Waals surface area contributed by atoms with Gasteiger partial charge in [-0.15, -0.1) is 11.3 Å². The van der Waals surface area contributed by atoms with Gasteiger partial charge in [0.15, 0.2) is 5.82 Å². The van der Waals surface area contributed by atoms with Crippen molar-refractivity contribution >= 4 is 33.2 Å². The number of benzene rings is 1. The van der Waals surface area contributed by atoms with Gasteiger partial charge in [-0.3, -0.25) is 4.79 Å². The van der Waals surface area contributed by atoms with E-state index in [1.807, 2.05) is 24.3 Å². The number of allylic oxidation sites excluding steroid dienone is 1. The van der Waals surface area contributed by atoms with Crippen LogP contribution >= 0.6 is 11.3 Å². The molecule has 1 aromatic carbocycles. The molecular weight excluding hydrogens is 370 g/mol. The maximum absolute atomic E-state index is 12.8. The molecule has 28 heavy (non-hydrogen) atoms. The van der Waals surface area contributed by atoms with E-state index in [0.717, 1.165) is 36.8 Å². The van der Waals surface area contributed by atoms with E-state index in [-0.39, 0.29) is 11.4 Å². The van der Waals surface area contributed by atoms with Crippen molar-refractivity contribution in [1.82, 2.24) is 9.97 Å². The Morgan fingerprint density at radius 1 is 1.36 bits per heavy atom. The number of nitrogens with one attached hydrogen (secondary N) is 1. The molecule has 2 heterocycles. The van der Waals surface area contributed by atoms with Crippen molar-refractivity contribution in [2.75, 3.05) is 6.61 Å². The van der Waals surface area contributed by atoms with Gasteiger partial charge in [-0.1, -0.05) is 30.9 Å². The fourth-order valence-electron chi connectivity index (χ4n) is 3.48. The highest BCUT2D eigenvalue weighted by Crippen LogP contribution is 2.34. The van der Waals surface area contributed by atoms with Crippen molar-refractivity contribution in [1.29, 1.82) is 5.26 Å². The van der Waals surface area contributed by atoms with Crippen LogP contribution in [0.2, 0.25) is 0 Å². The van der Waals surface area contributed by atoms with Gasteiger partial charge in [-0.25, -0.2) is 4.98 Å². The lowest BCUT2D eigenvalue weighted by atomic mass is 9.97. The standard InChI is InChI=1S/C22H19N3O2S/c1-2-11-27-17-9-5-3-7-14(17)12-15(13-23)20-24-21(26)19-16-8-4-6-10-18(16)28-22(19)25-20/h2-3,5,7,9,12H,1,4,6,8,10-11H2,(H,24,25,26). The number of hydrogen-bond donors (Lipinski definition) is 1. The van der Waals surface area contributed by atoms with E-state index in [2.05, 4.69) is 22.6 Å². The van der Waals surface area contributed by atoms with Gasteiger partial charge in [0.25, 0.3) is 5.56 Å². The molecule has 0 amide bonds. The van der Waals surface area contributed by atoms with Crippen LogP contribution in [0.5, 0.6) is 5.75 Å². The second-order valence-electron chi connectivity index (χ2n) is 6.61. The van der Waals surface area contributed by atoms with Gasteiger partial charge >= 0.3 is 0 Å². The molecule has 2 aromatic heterocycles. The summed E-state index contributed by atoms with van der Waals surface area (Å²) in [4.78, 5) is 22.1. The van der Waals surface area contributed by atoms with E-state index in [1.165, 1.54) is 4.88 Å². The molecule has 3 aromatic rings. The van der Waals surface area contributed by atoms with Crippen LogP contribution in [0.1, 0.15) is 34.7 Å². The highest BCUT2D eigenvalue weighted by molar-refractivity contribution is 7.18. The highest BCUT2D eigenvalue weighted by atomic mass is 32.1. The monoisotopic (exact) mass is 389 g/mol. The number of aromatic nitrogens is 2. The van der Waals surface area contributed by atoms with E-state index < -0.39 is 0 Å². The number of nitrogens with zero attached hydrogens (tertiary/aromatic N) is 2. The second kappa shape index (κ2) is 7.83. The summed E-state index contributed by atoms with van der Waals surface area (Å²) < 4.78 is 5.65. The Balaban J connectivity index is 1.80. The molecule has 0 aliphatic heterocycles. The molecular formula is C22H19N3O2S. The molecule has 0 fully saturated rings. The van der Waals surface area contributed by atoms with Gasteiger partial charge in [-0.2, -0.15) is 5.26 Å². The van der Waals surface area contributed by atoms with Crippen molar-refractivity contribution in [2.45, 2.75) is 25.7 Å². The quantitative estimate of drug-likeness (QED) is 0.515. The molecule has 0 bridgehead atoms. The molecule has 6 heteroatoms. The van der Waals surface area contributed by atoms with E-state index in [1.54, 1.807) is 23.5 Å². The summed E-state index contributed by atoms with van der Waals surface area (Å²) in [7, 11) is 0. The zero-order chi connectivity index (χ0) is 19.5. The number of para-hydroxylation sites is 1. The lowest BCUT2D eigenvalue weighted by molar-refractivity contribution is 0.362. The Morgan fingerprint density at radius 2 is 2.18 bits per heavy atom. The number of thiophene rings is 1. The van der Waals surface area contributed by atoms with Crippen LogP contribution in [0.3, 0.4) is 0 Å². The molecule has 4 rings (SSSR count). The number of H-pyrrole nitrogens is 1. The summed E-state index contributed by atoms with van der Waals surface area (Å²) in [6, 6.07) is 9.58. The number of rotatable bonds is 5. The lowest BCUT2D eigenvalue weighted by Crippen LogP contribution is -2.12. The first kappa shape index (κ1) is 18.2. The van der Waals surface area contributed by atoms with Gasteiger partial charge < -0.3 is 9.72 Å². The van der Waals surface area contributed by atoms with Gasteiger partial charge in [0.05, 0.1) is 11.0 Å². The molecule has 0 spiro atoms. The summed E-state index contributed by atoms with van der Waals surface area (Å²) in [6.45, 7) is 4.02. The minimum atomic E-state index is -0.170. The smallest absolute Gasteiger partial charge is 0.260 e. The Morgan fingerprint density at radius 3 is 3.00 bits per heavy atom. The second-order valence-corrected chi connectivity index (χ2v) is 7.70. The number of ether oxygens (including phenoxy) is 1. The maximum atomic E-state index is 12.8. The topological polar surface area (TPSA) is 78.8 Å². The normalized spacial score (nSPS) is 13.8. The van der Waals surface area contributed by atoms with Gasteiger partial charge in [-0.05, 0) is 43.4 Å². The molecule has 0 saturated heterocycles. The largest absolute Gasteiger partial charge is 0.489 e. The number of hydrogen-bond acceptors (Lipinski definition) is 5. The zero-order valence-corrected chi connectivity index (χ0v) is 16.1. The Labute approximate surface area is 166 Å². The molecule has 0 atom stereocenters. The first-order valence-corrected chi connectivity index (χ1v) is 10.0. The van der Waals surface area contributed by atoms with Crippen molar-refractivity contribution in [3.05, 3.63) is 69.1 Å². The van der Waals surface area contributed by atoms with Gasteiger partial charge in [0, 0.05) is 10.4 Å². The van der Waals surface area contributed by atoms with Crippen LogP contribution in [-0.4, -0.2) is 16.6 Å². The summed E-state index contributed by atoms with van der Waals surface area (Å²) in [6.07, 6.45) is 7.53. The molecule has 0 radical (unpaired) electrons. The average Bonchev–Trinajstić information content (AvgIpc) is 3.10. The molecule has 0 saturated carbocycles. The van der Waals surface area contributed by atoms with E-state index in [0.29, 0.717) is 28.1 Å². The summed E-state index contributed by atoms with van der Waals surface area (Å²) in [5.74, 6) is 0.933. The number of nitriles is 1. The summed E-state index contributed by atoms with van der Waals surface area (Å²) in [5, 5.41) is 10.4. The van der Waals surface area contributed by atoms with Crippen LogP contribution in [0.15, 0.2) is 41.7 Å². The summed E-state index contributed by atoms with van der Waals surface area (Å²) in [5.41, 5.74) is 2.00. The zero-order valence-electron chi connectivity index (χ0n) is 15.3. The van der Waals surface area contributed by atoms with Crippen molar-refractivity contribution in [3.63, 3.8) is 0 Å². The first-order chi connectivity index (χ1) is 13.7. The van der Waals surface area contributed by atoms with Crippen molar-refractivity contribution in [3.8, 4) is 11.8 Å². The van der Waals surface area contributed by atoms with E-state index in [9.17, 15) is 10.1 Å². The highest BCUT2D eigenvalue weighted by Gasteiger charge is 2.20. The van der Waals surface area contributed by atoms with Gasteiger partial charge in [0.1, 0.15) is 23.3 Å². The van der Waals surface area contributed by atoms with Crippen molar-refractivity contribution in [2.24, 2.45) is 0 Å². The van der Waals surface area contributed by atoms with E-state index in [4.69, 9.17) is 4.74 Å². The number of fused-ring (bicyclic) bond motifs is 3. The van der Waals surface area contributed by atoms with Crippen LogP contribution < -0.4 is 10.3 Å². The van der Waals surface area contributed by atoms with Crippen LogP contribution in [0, 0.1) is 11.3 Å². The average molecular weight is 389 g/mol. The molecule has 1 aliphatic rings. The van der Waals surface area contributed by atoms with Crippen LogP contribution in [0.25, 0.3) is 21.9 Å². The number of aryl methyl sites for hydroxylation is 2. The van der Waals surface area contributed by atoms with Crippen LogP contribution in [-0.2, 0) is 12.8 Å². The third-order valence-corrected chi connectivity index (χ3v) is 5.96. The van der Waals surface area contributed by atoms with Crippen LogP contribution in [0.4, 0.5) is 0 Å². The molecule has 1 aliphatic carbocycles. The molecule has 5 nitrogen and oxygen atoms in total. The third kappa shape index (κ3) is 3.37. The Hall–Kier alpha value is -3.17. The molecule has 0 unspecified atom stereocenters. The predicted molar refractivity (Wildman–Crippen MR) is 113 cm³/mol. The third-order valence-electron chi connectivity index (χ3n) is 4.78. The Bertz CT molecular complexity index is 1180. The van der Waals surface area contributed by atoms with Gasteiger partial charge in [0.2, 0.25) is 0 Å². The molecule has 140 valence electrons. The summed E-state index contributed by atoms with van der Waals surface area (Å²) >= 11 is 1.57. The van der Waals surface area contributed by atoms with E-state index >= 15 is 0 Å². The Kier molecular flexibility index (Phi) is 5.09. The first-order valence-electron chi connectivity index (χ1n) is 9.20. The maximum Gasteiger partial charge on any atom is 0.260 e. The minimum absolute atomic E-state index is 0.170. The molecule has 1 N–H and O–H groups in total.